The van der Waals surface area contributed by atoms with Crippen LogP contribution in [0, 0.1) is 18.3 Å². The molecule has 0 saturated heterocycles. The number of nitriles is 1. The summed E-state index contributed by atoms with van der Waals surface area (Å²) in [4.78, 5) is 4.72. The maximum absolute atomic E-state index is 10.1. The molecular weight excluding hydrogens is 434 g/mol. The minimum absolute atomic E-state index is 0.472. The molecule has 5 rings (SSSR count). The van der Waals surface area contributed by atoms with Crippen LogP contribution in [0.3, 0.4) is 0 Å². The predicted molar refractivity (Wildman–Crippen MR) is 139 cm³/mol. The van der Waals surface area contributed by atoms with Gasteiger partial charge in [-0.15, -0.1) is 0 Å². The second-order valence-corrected chi connectivity index (χ2v) is 8.28. The van der Waals surface area contributed by atoms with E-state index < -0.39 is 0 Å². The highest BCUT2D eigenvalue weighted by atomic mass is 16.5. The molecule has 0 atom stereocenters. The van der Waals surface area contributed by atoms with Gasteiger partial charge in [-0.3, -0.25) is 0 Å². The molecule has 0 unspecified atom stereocenters. The lowest BCUT2D eigenvalue weighted by molar-refractivity contribution is 0.338. The number of benzene rings is 3. The van der Waals surface area contributed by atoms with Crippen molar-refractivity contribution in [2.75, 3.05) is 6.61 Å². The van der Waals surface area contributed by atoms with Crippen molar-refractivity contribution in [2.24, 2.45) is 7.05 Å². The zero-order chi connectivity index (χ0) is 24.4. The molecule has 172 valence electrons. The summed E-state index contributed by atoms with van der Waals surface area (Å²) >= 11 is 0. The molecule has 0 spiro atoms. The normalized spacial score (nSPS) is 11.5. The minimum Gasteiger partial charge on any atom is -0.494 e. The van der Waals surface area contributed by atoms with Crippen molar-refractivity contribution in [3.8, 4) is 28.8 Å². The number of nitrogens with zero attached hydrogens (tertiary/aromatic N) is 5. The Hall–Kier alpha value is -4.63. The van der Waals surface area contributed by atoms with E-state index in [-0.39, 0.29) is 0 Å². The van der Waals surface area contributed by atoms with Gasteiger partial charge in [0.2, 0.25) is 0 Å². The van der Waals surface area contributed by atoms with Gasteiger partial charge >= 0.3 is 0 Å². The molecule has 0 aliphatic carbocycles. The summed E-state index contributed by atoms with van der Waals surface area (Å²) < 4.78 is 9.52. The zero-order valence-corrected chi connectivity index (χ0v) is 19.9. The third-order valence-electron chi connectivity index (χ3n) is 5.96. The molecule has 0 saturated carbocycles. The van der Waals surface area contributed by atoms with E-state index in [1.54, 1.807) is 0 Å². The Morgan fingerprint density at radius 2 is 1.83 bits per heavy atom. The summed E-state index contributed by atoms with van der Waals surface area (Å²) in [7, 11) is 1.93. The summed E-state index contributed by atoms with van der Waals surface area (Å²) in [5.41, 5.74) is 6.85. The van der Waals surface area contributed by atoms with Gasteiger partial charge in [0.15, 0.2) is 5.82 Å². The Bertz CT molecular complexity index is 1580. The van der Waals surface area contributed by atoms with Gasteiger partial charge < -0.3 is 9.30 Å². The van der Waals surface area contributed by atoms with E-state index >= 15 is 0 Å². The van der Waals surface area contributed by atoms with Crippen LogP contribution in [0.1, 0.15) is 23.9 Å². The van der Waals surface area contributed by atoms with Gasteiger partial charge in [-0.2, -0.15) is 10.4 Å². The highest BCUT2D eigenvalue weighted by Crippen LogP contribution is 2.31. The van der Waals surface area contributed by atoms with Gasteiger partial charge in [-0.05, 0) is 68.0 Å². The van der Waals surface area contributed by atoms with E-state index in [9.17, 15) is 5.26 Å². The standard InChI is InChI=1S/C29H25N5O/c1-4-35-27-15-14-21(16-20(27)2)28-23(19-34(32-28)24-10-6-5-7-11-24)17-22(18-30)29-31-25-12-8-9-13-26(25)33(29)3/h5-17,19H,4H2,1-3H3/b22-17-. The van der Waals surface area contributed by atoms with Crippen LogP contribution in [0.2, 0.25) is 0 Å². The van der Waals surface area contributed by atoms with Crippen LogP contribution in [0.4, 0.5) is 0 Å². The Morgan fingerprint density at radius 3 is 2.54 bits per heavy atom. The molecule has 6 heteroatoms. The molecule has 0 bridgehead atoms. The molecular formula is C29H25N5O. The Labute approximate surface area is 204 Å². The molecule has 2 heterocycles. The van der Waals surface area contributed by atoms with Crippen molar-refractivity contribution in [1.29, 1.82) is 5.26 Å². The van der Waals surface area contributed by atoms with E-state index in [1.807, 2.05) is 109 Å². The number of ether oxygens (including phenoxy) is 1. The molecule has 0 aliphatic heterocycles. The number of hydrogen-bond acceptors (Lipinski definition) is 4. The third-order valence-corrected chi connectivity index (χ3v) is 5.96. The maximum Gasteiger partial charge on any atom is 0.151 e. The Kier molecular flexibility index (Phi) is 5.90. The number of allylic oxidation sites excluding steroid dienone is 1. The molecule has 35 heavy (non-hydrogen) atoms. The number of aryl methyl sites for hydroxylation is 2. The molecule has 6 nitrogen and oxygen atoms in total. The van der Waals surface area contributed by atoms with Crippen LogP contribution in [0.15, 0.2) is 79.0 Å². The highest BCUT2D eigenvalue weighted by molar-refractivity contribution is 5.93. The topological polar surface area (TPSA) is 68.7 Å². The van der Waals surface area contributed by atoms with Crippen LogP contribution < -0.4 is 4.74 Å². The monoisotopic (exact) mass is 459 g/mol. The zero-order valence-electron chi connectivity index (χ0n) is 19.9. The van der Waals surface area contributed by atoms with Crippen LogP contribution in [0.5, 0.6) is 5.75 Å². The predicted octanol–water partition coefficient (Wildman–Crippen LogP) is 6.20. The molecule has 0 aliphatic rings. The first kappa shape index (κ1) is 22.2. The van der Waals surface area contributed by atoms with Crippen LogP contribution in [0.25, 0.3) is 39.6 Å². The minimum atomic E-state index is 0.472. The van der Waals surface area contributed by atoms with Gasteiger partial charge in [0, 0.05) is 24.4 Å². The molecule has 2 aromatic heterocycles. The molecule has 5 aromatic rings. The molecule has 0 fully saturated rings. The number of hydrogen-bond donors (Lipinski definition) is 0. The van der Waals surface area contributed by atoms with E-state index in [0.29, 0.717) is 18.0 Å². The lowest BCUT2D eigenvalue weighted by Gasteiger charge is -2.08. The number of para-hydroxylation sites is 3. The fourth-order valence-corrected chi connectivity index (χ4v) is 4.23. The second kappa shape index (κ2) is 9.32. The van der Waals surface area contributed by atoms with Crippen LogP contribution in [-0.4, -0.2) is 25.9 Å². The number of aromatic nitrogens is 4. The Morgan fingerprint density at radius 1 is 1.06 bits per heavy atom. The van der Waals surface area contributed by atoms with Crippen molar-refractivity contribution >= 4 is 22.7 Å². The SMILES string of the molecule is CCOc1ccc(-c2nn(-c3ccccc3)cc2/C=C(/C#N)c2nc3ccccc3n2C)cc1C. The van der Waals surface area contributed by atoms with Gasteiger partial charge in [0.1, 0.15) is 17.5 Å². The average molecular weight is 460 g/mol. The fourth-order valence-electron chi connectivity index (χ4n) is 4.23. The lowest BCUT2D eigenvalue weighted by Crippen LogP contribution is -1.96. The smallest absolute Gasteiger partial charge is 0.151 e. The lowest BCUT2D eigenvalue weighted by atomic mass is 10.0. The number of rotatable bonds is 6. The van der Waals surface area contributed by atoms with Crippen molar-refractivity contribution in [3.63, 3.8) is 0 Å². The van der Waals surface area contributed by atoms with Gasteiger partial charge in [0.05, 0.1) is 28.9 Å². The molecule has 3 aromatic carbocycles. The first-order chi connectivity index (χ1) is 17.1. The summed E-state index contributed by atoms with van der Waals surface area (Å²) in [5, 5.41) is 15.0. The first-order valence-corrected chi connectivity index (χ1v) is 11.5. The number of imidazole rings is 1. The maximum atomic E-state index is 10.1. The van der Waals surface area contributed by atoms with E-state index in [4.69, 9.17) is 14.8 Å². The van der Waals surface area contributed by atoms with Crippen LogP contribution in [-0.2, 0) is 7.05 Å². The molecule has 0 amide bonds. The largest absolute Gasteiger partial charge is 0.494 e. The van der Waals surface area contributed by atoms with E-state index in [0.717, 1.165) is 44.9 Å². The van der Waals surface area contributed by atoms with Crippen molar-refractivity contribution in [3.05, 3.63) is 95.9 Å². The molecule has 0 N–H and O–H groups in total. The number of fused-ring (bicyclic) bond motifs is 1. The van der Waals surface area contributed by atoms with Crippen molar-refractivity contribution < 1.29 is 4.74 Å². The van der Waals surface area contributed by atoms with Gasteiger partial charge in [-0.1, -0.05) is 30.3 Å². The van der Waals surface area contributed by atoms with Gasteiger partial charge in [0.25, 0.3) is 0 Å². The third kappa shape index (κ3) is 4.20. The van der Waals surface area contributed by atoms with Gasteiger partial charge in [-0.25, -0.2) is 9.67 Å². The summed E-state index contributed by atoms with van der Waals surface area (Å²) in [6.45, 7) is 4.61. The highest BCUT2D eigenvalue weighted by Gasteiger charge is 2.17. The summed E-state index contributed by atoms with van der Waals surface area (Å²) in [6.07, 6.45) is 3.82. The second-order valence-electron chi connectivity index (χ2n) is 8.28. The Balaban J connectivity index is 1.67. The summed E-state index contributed by atoms with van der Waals surface area (Å²) in [5.74, 6) is 1.48. The van der Waals surface area contributed by atoms with E-state index in [1.165, 1.54) is 0 Å². The summed E-state index contributed by atoms with van der Waals surface area (Å²) in [6, 6.07) is 26.2. The fraction of sp³-hybridized carbons (Fsp3) is 0.138. The first-order valence-electron chi connectivity index (χ1n) is 11.5. The quantitative estimate of drug-likeness (QED) is 0.284. The molecule has 0 radical (unpaired) electrons. The van der Waals surface area contributed by atoms with Crippen molar-refractivity contribution in [1.82, 2.24) is 19.3 Å². The van der Waals surface area contributed by atoms with Crippen molar-refractivity contribution in [2.45, 2.75) is 13.8 Å². The average Bonchev–Trinajstić information content (AvgIpc) is 3.46. The van der Waals surface area contributed by atoms with Crippen LogP contribution >= 0.6 is 0 Å². The van der Waals surface area contributed by atoms with E-state index in [2.05, 4.69) is 12.1 Å².